The molecule has 0 bridgehead atoms. The second-order valence-electron chi connectivity index (χ2n) is 9.10. The molecule has 0 amide bonds. The third kappa shape index (κ3) is 3.01. The van der Waals surface area contributed by atoms with Gasteiger partial charge in [0.15, 0.2) is 5.78 Å². The number of fused-ring (bicyclic) bond motifs is 2. The molecule has 2 aliphatic rings. The van der Waals surface area contributed by atoms with E-state index in [0.29, 0.717) is 33.8 Å². The van der Waals surface area contributed by atoms with Gasteiger partial charge in [-0.25, -0.2) is 4.79 Å². The van der Waals surface area contributed by atoms with Crippen molar-refractivity contribution in [2.75, 3.05) is 0 Å². The minimum absolute atomic E-state index is 0.0580. The Labute approximate surface area is 191 Å². The summed E-state index contributed by atoms with van der Waals surface area (Å²) in [5, 5.41) is 30.3. The van der Waals surface area contributed by atoms with Crippen molar-refractivity contribution in [3.8, 4) is 23.0 Å². The number of Topliss-reactive ketones (excluding diaryl/α,β-unsaturated/α-hetero) is 1. The number of rotatable bonds is 4. The summed E-state index contributed by atoms with van der Waals surface area (Å²) >= 11 is 0. The van der Waals surface area contributed by atoms with Crippen molar-refractivity contribution in [3.63, 3.8) is 0 Å². The zero-order valence-corrected chi connectivity index (χ0v) is 18.6. The van der Waals surface area contributed by atoms with Gasteiger partial charge in [0.25, 0.3) is 0 Å². The molecule has 3 aromatic carbocycles. The molecule has 0 radical (unpaired) electrons. The maximum Gasteiger partial charge on any atom is 0.335 e. The van der Waals surface area contributed by atoms with Gasteiger partial charge in [-0.1, -0.05) is 18.2 Å². The molecule has 1 aliphatic carbocycles. The number of benzene rings is 3. The number of hydrogen-bond acceptors (Lipinski definition) is 5. The maximum absolute atomic E-state index is 13.3. The SMILES string of the molecule is Cc1c(O)ccc2c1Oc1c(ccc(O)c1C)C2(C)c1ccc(C(=O)O)cc1C(=O)C1CC1. The summed E-state index contributed by atoms with van der Waals surface area (Å²) in [5.41, 5.74) is 2.82. The fourth-order valence-electron chi connectivity index (χ4n) is 4.83. The molecule has 0 aromatic heterocycles. The molecular formula is C27H24O6. The van der Waals surface area contributed by atoms with E-state index in [1.807, 2.05) is 6.92 Å². The average molecular weight is 444 g/mol. The molecule has 1 heterocycles. The molecule has 3 aromatic rings. The number of phenolic OH excluding ortho intramolecular Hbond substituents is 2. The van der Waals surface area contributed by atoms with Crippen molar-refractivity contribution in [1.29, 1.82) is 0 Å². The minimum Gasteiger partial charge on any atom is -0.508 e. The number of carbonyl (C=O) groups excluding carboxylic acids is 1. The highest BCUT2D eigenvalue weighted by molar-refractivity contribution is 6.03. The smallest absolute Gasteiger partial charge is 0.335 e. The molecule has 0 atom stereocenters. The van der Waals surface area contributed by atoms with Crippen LogP contribution in [0.25, 0.3) is 0 Å². The zero-order valence-electron chi connectivity index (χ0n) is 18.6. The predicted octanol–water partition coefficient (Wildman–Crippen LogP) is 5.47. The van der Waals surface area contributed by atoms with Gasteiger partial charge in [-0.15, -0.1) is 0 Å². The van der Waals surface area contributed by atoms with Crippen molar-refractivity contribution in [2.24, 2.45) is 5.92 Å². The van der Waals surface area contributed by atoms with Gasteiger partial charge in [0.05, 0.1) is 11.0 Å². The van der Waals surface area contributed by atoms with Crippen LogP contribution in [-0.2, 0) is 5.41 Å². The van der Waals surface area contributed by atoms with Crippen LogP contribution < -0.4 is 4.74 Å². The topological polar surface area (TPSA) is 104 Å². The predicted molar refractivity (Wildman–Crippen MR) is 122 cm³/mol. The Morgan fingerprint density at radius 1 is 0.879 bits per heavy atom. The van der Waals surface area contributed by atoms with Crippen LogP contribution in [0, 0.1) is 19.8 Å². The van der Waals surface area contributed by atoms with Gasteiger partial charge < -0.3 is 20.1 Å². The van der Waals surface area contributed by atoms with Crippen LogP contribution in [-0.4, -0.2) is 27.1 Å². The van der Waals surface area contributed by atoms with E-state index < -0.39 is 11.4 Å². The molecule has 0 spiro atoms. The highest BCUT2D eigenvalue weighted by Gasteiger charge is 2.45. The quantitative estimate of drug-likeness (QED) is 0.461. The number of carboxylic acids is 1. The summed E-state index contributed by atoms with van der Waals surface area (Å²) in [7, 11) is 0. The van der Waals surface area contributed by atoms with Gasteiger partial charge >= 0.3 is 5.97 Å². The highest BCUT2D eigenvalue weighted by atomic mass is 16.5. The van der Waals surface area contributed by atoms with Crippen LogP contribution in [0.15, 0.2) is 42.5 Å². The Bertz CT molecular complexity index is 1290. The van der Waals surface area contributed by atoms with E-state index >= 15 is 0 Å². The average Bonchev–Trinajstić information content (AvgIpc) is 3.64. The first kappa shape index (κ1) is 21.1. The number of carbonyl (C=O) groups is 2. The lowest BCUT2D eigenvalue weighted by Crippen LogP contribution is -2.32. The summed E-state index contributed by atoms with van der Waals surface area (Å²) in [6.45, 7) is 5.47. The Kier molecular flexibility index (Phi) is 4.53. The molecule has 0 saturated heterocycles. The number of ketones is 1. The molecule has 1 saturated carbocycles. The Hall–Kier alpha value is -3.80. The lowest BCUT2D eigenvalue weighted by atomic mass is 9.66. The molecule has 1 fully saturated rings. The van der Waals surface area contributed by atoms with E-state index in [4.69, 9.17) is 4.74 Å². The van der Waals surface area contributed by atoms with Gasteiger partial charge in [0.2, 0.25) is 0 Å². The number of aromatic hydroxyl groups is 2. The Morgan fingerprint density at radius 3 is 1.88 bits per heavy atom. The third-order valence-corrected chi connectivity index (χ3v) is 7.05. The number of aromatic carboxylic acids is 1. The summed E-state index contributed by atoms with van der Waals surface area (Å²) < 4.78 is 6.24. The van der Waals surface area contributed by atoms with Gasteiger partial charge in [-0.2, -0.15) is 0 Å². The minimum atomic E-state index is -1.09. The lowest BCUT2D eigenvalue weighted by molar-refractivity contribution is 0.0696. The molecule has 3 N–H and O–H groups in total. The number of hydrogen-bond donors (Lipinski definition) is 3. The van der Waals surface area contributed by atoms with E-state index in [0.717, 1.165) is 24.0 Å². The van der Waals surface area contributed by atoms with Gasteiger partial charge in [0.1, 0.15) is 23.0 Å². The van der Waals surface area contributed by atoms with E-state index in [2.05, 4.69) is 0 Å². The number of ether oxygens (including phenoxy) is 1. The zero-order chi connectivity index (χ0) is 23.7. The lowest BCUT2D eigenvalue weighted by Gasteiger charge is -2.40. The fraction of sp³-hybridized carbons (Fsp3) is 0.259. The van der Waals surface area contributed by atoms with Crippen LogP contribution in [0.5, 0.6) is 23.0 Å². The fourth-order valence-corrected chi connectivity index (χ4v) is 4.83. The third-order valence-electron chi connectivity index (χ3n) is 7.05. The molecule has 168 valence electrons. The van der Waals surface area contributed by atoms with E-state index in [1.165, 1.54) is 12.1 Å². The van der Waals surface area contributed by atoms with Crippen molar-refractivity contribution in [3.05, 3.63) is 81.4 Å². The first-order chi connectivity index (χ1) is 15.6. The molecule has 6 nitrogen and oxygen atoms in total. The molecule has 33 heavy (non-hydrogen) atoms. The molecule has 0 unspecified atom stereocenters. The van der Waals surface area contributed by atoms with E-state index in [9.17, 15) is 24.9 Å². The standard InChI is InChI=1S/C27H24O6/c1-13-21(28)10-8-19-24(13)33-25-14(2)22(29)11-9-20(25)27(19,3)18-7-6-16(26(31)32)12-17(18)23(30)15-4-5-15/h6-12,15,28-29H,4-5H2,1-3H3,(H,31,32). The summed E-state index contributed by atoms with van der Waals surface area (Å²) in [6, 6.07) is 11.5. The Morgan fingerprint density at radius 2 is 1.39 bits per heavy atom. The van der Waals surface area contributed by atoms with Gasteiger partial charge in [0, 0.05) is 33.7 Å². The summed E-state index contributed by atoms with van der Waals surface area (Å²) in [5.74, 6) is -0.170. The summed E-state index contributed by atoms with van der Waals surface area (Å²) in [4.78, 5) is 25.1. The number of carboxylic acid groups (broad SMARTS) is 1. The van der Waals surface area contributed by atoms with Crippen LogP contribution in [0.2, 0.25) is 0 Å². The summed E-state index contributed by atoms with van der Waals surface area (Å²) in [6.07, 6.45) is 1.59. The van der Waals surface area contributed by atoms with Crippen molar-refractivity contribution in [2.45, 2.75) is 39.0 Å². The van der Waals surface area contributed by atoms with Gasteiger partial charge in [-0.05, 0) is 63.4 Å². The van der Waals surface area contributed by atoms with E-state index in [-0.39, 0.29) is 28.8 Å². The molecular weight excluding hydrogens is 420 g/mol. The van der Waals surface area contributed by atoms with Crippen LogP contribution in [0.3, 0.4) is 0 Å². The number of phenols is 2. The molecule has 5 rings (SSSR count). The Balaban J connectivity index is 1.87. The van der Waals surface area contributed by atoms with Crippen LogP contribution >= 0.6 is 0 Å². The maximum atomic E-state index is 13.3. The van der Waals surface area contributed by atoms with Crippen molar-refractivity contribution < 1.29 is 29.6 Å². The second-order valence-corrected chi connectivity index (χ2v) is 9.10. The largest absolute Gasteiger partial charge is 0.508 e. The van der Waals surface area contributed by atoms with Crippen LogP contribution in [0.4, 0.5) is 0 Å². The highest BCUT2D eigenvalue weighted by Crippen LogP contribution is 2.56. The van der Waals surface area contributed by atoms with Crippen molar-refractivity contribution >= 4 is 11.8 Å². The van der Waals surface area contributed by atoms with Gasteiger partial charge in [-0.3, -0.25) is 4.79 Å². The normalized spacial score (nSPS) is 15.8. The van der Waals surface area contributed by atoms with Crippen molar-refractivity contribution in [1.82, 2.24) is 0 Å². The molecule has 6 heteroatoms. The first-order valence-corrected chi connectivity index (χ1v) is 10.9. The second kappa shape index (κ2) is 7.10. The monoisotopic (exact) mass is 444 g/mol. The first-order valence-electron chi connectivity index (χ1n) is 10.9. The van der Waals surface area contributed by atoms with E-state index in [1.54, 1.807) is 44.2 Å². The van der Waals surface area contributed by atoms with Crippen LogP contribution in [0.1, 0.15) is 68.3 Å². The molecule has 1 aliphatic heterocycles.